The van der Waals surface area contributed by atoms with Crippen LogP contribution in [0.15, 0.2) is 24.3 Å². The van der Waals surface area contributed by atoms with Crippen LogP contribution in [0.3, 0.4) is 0 Å². The summed E-state index contributed by atoms with van der Waals surface area (Å²) >= 11 is 6.24. The maximum absolute atomic E-state index is 12.5. The lowest BCUT2D eigenvalue weighted by Gasteiger charge is -2.27. The number of carbonyl (C=O) groups is 1. The minimum Gasteiger partial charge on any atom is -0.341 e. The maximum atomic E-state index is 12.5. The number of rotatable bonds is 3. The number of nitrogens with zero attached hydrogens (tertiary/aromatic N) is 3. The molecule has 2 aromatic rings. The Morgan fingerprint density at radius 2 is 2.00 bits per heavy atom. The Hall–Kier alpha value is -1.55. The first-order chi connectivity index (χ1) is 10.2. The predicted molar refractivity (Wildman–Crippen MR) is 84.4 cm³/mol. The van der Waals surface area contributed by atoms with Gasteiger partial charge in [-0.1, -0.05) is 12.1 Å². The molecule has 1 amide bonds. The van der Waals surface area contributed by atoms with E-state index in [1.54, 1.807) is 0 Å². The van der Waals surface area contributed by atoms with Crippen molar-refractivity contribution in [3.8, 4) is 0 Å². The number of halogens is 1. The zero-order chi connectivity index (χ0) is 14.8. The standard InChI is InChI=1S/C16H20ClN3O/c1-12(17)16-18-13-7-3-4-8-14(13)20(16)11-15(21)19-9-5-2-6-10-19/h3-4,7-8,12H,2,5-6,9-11H2,1H3. The van der Waals surface area contributed by atoms with Crippen LogP contribution in [0, 0.1) is 0 Å². The van der Waals surface area contributed by atoms with Gasteiger partial charge >= 0.3 is 0 Å². The summed E-state index contributed by atoms with van der Waals surface area (Å²) in [4.78, 5) is 19.0. The van der Waals surface area contributed by atoms with E-state index in [2.05, 4.69) is 4.98 Å². The van der Waals surface area contributed by atoms with E-state index in [1.165, 1.54) is 6.42 Å². The minimum atomic E-state index is -0.216. The van der Waals surface area contributed by atoms with Crippen molar-refractivity contribution >= 4 is 28.5 Å². The second kappa shape index (κ2) is 6.06. The number of para-hydroxylation sites is 2. The number of imidazole rings is 1. The van der Waals surface area contributed by atoms with Crippen molar-refractivity contribution in [1.82, 2.24) is 14.5 Å². The topological polar surface area (TPSA) is 38.1 Å². The molecule has 0 spiro atoms. The van der Waals surface area contributed by atoms with Gasteiger partial charge in [0, 0.05) is 13.1 Å². The quantitative estimate of drug-likeness (QED) is 0.816. The molecule has 0 N–H and O–H groups in total. The van der Waals surface area contributed by atoms with Gasteiger partial charge in [0.05, 0.1) is 16.4 Å². The van der Waals surface area contributed by atoms with Crippen molar-refractivity contribution < 1.29 is 4.79 Å². The zero-order valence-electron chi connectivity index (χ0n) is 12.3. The molecule has 1 aliphatic rings. The molecule has 0 radical (unpaired) electrons. The van der Waals surface area contributed by atoms with Crippen LogP contribution in [0.1, 0.15) is 37.4 Å². The van der Waals surface area contributed by atoms with Crippen molar-refractivity contribution in [2.75, 3.05) is 13.1 Å². The third-order valence-corrected chi connectivity index (χ3v) is 4.24. The fraction of sp³-hybridized carbons (Fsp3) is 0.500. The summed E-state index contributed by atoms with van der Waals surface area (Å²) in [5, 5.41) is -0.216. The first-order valence-electron chi connectivity index (χ1n) is 7.54. The first-order valence-corrected chi connectivity index (χ1v) is 7.97. The van der Waals surface area contributed by atoms with Crippen LogP contribution < -0.4 is 0 Å². The zero-order valence-corrected chi connectivity index (χ0v) is 13.0. The number of amides is 1. The van der Waals surface area contributed by atoms with E-state index in [1.807, 2.05) is 40.7 Å². The Bertz CT molecular complexity index is 644. The molecule has 21 heavy (non-hydrogen) atoms. The van der Waals surface area contributed by atoms with Crippen LogP contribution in [-0.2, 0) is 11.3 Å². The van der Waals surface area contributed by atoms with Gasteiger partial charge in [-0.2, -0.15) is 0 Å². The molecule has 1 atom stereocenters. The molecule has 0 aliphatic carbocycles. The molecule has 3 rings (SSSR count). The van der Waals surface area contributed by atoms with Crippen molar-refractivity contribution in [2.45, 2.75) is 38.1 Å². The number of hydrogen-bond acceptors (Lipinski definition) is 2. The fourth-order valence-electron chi connectivity index (χ4n) is 2.94. The maximum Gasteiger partial charge on any atom is 0.242 e. The molecule has 1 unspecified atom stereocenters. The molecule has 1 aromatic carbocycles. The lowest BCUT2D eigenvalue weighted by atomic mass is 10.1. The van der Waals surface area contributed by atoms with Gasteiger partial charge in [-0.05, 0) is 38.3 Å². The average molecular weight is 306 g/mol. The summed E-state index contributed by atoms with van der Waals surface area (Å²) in [6.07, 6.45) is 3.44. The van der Waals surface area contributed by atoms with Gasteiger partial charge in [-0.25, -0.2) is 4.98 Å². The Balaban J connectivity index is 1.91. The van der Waals surface area contributed by atoms with E-state index in [0.717, 1.165) is 42.8 Å². The number of benzene rings is 1. The number of piperidine rings is 1. The van der Waals surface area contributed by atoms with E-state index < -0.39 is 0 Å². The highest BCUT2D eigenvalue weighted by atomic mass is 35.5. The number of alkyl halides is 1. The molecule has 1 saturated heterocycles. The summed E-state index contributed by atoms with van der Waals surface area (Å²) in [7, 11) is 0. The lowest BCUT2D eigenvalue weighted by molar-refractivity contribution is -0.132. The molecule has 1 fully saturated rings. The van der Waals surface area contributed by atoms with Gasteiger partial charge in [0.2, 0.25) is 5.91 Å². The van der Waals surface area contributed by atoms with Crippen molar-refractivity contribution in [1.29, 1.82) is 0 Å². The van der Waals surface area contributed by atoms with Gasteiger partial charge in [0.1, 0.15) is 12.4 Å². The van der Waals surface area contributed by atoms with Crippen LogP contribution in [0.25, 0.3) is 11.0 Å². The fourth-order valence-corrected chi connectivity index (χ4v) is 3.11. The molecule has 1 aliphatic heterocycles. The van der Waals surface area contributed by atoms with E-state index in [0.29, 0.717) is 6.54 Å². The van der Waals surface area contributed by atoms with Crippen LogP contribution in [0.5, 0.6) is 0 Å². The number of aromatic nitrogens is 2. The molecular formula is C16H20ClN3O. The Labute approximate surface area is 129 Å². The summed E-state index contributed by atoms with van der Waals surface area (Å²) in [5.74, 6) is 0.930. The van der Waals surface area contributed by atoms with E-state index in [4.69, 9.17) is 11.6 Å². The molecule has 4 nitrogen and oxygen atoms in total. The Morgan fingerprint density at radius 1 is 1.29 bits per heavy atom. The average Bonchev–Trinajstić information content (AvgIpc) is 2.87. The van der Waals surface area contributed by atoms with Gasteiger partial charge in [-0.15, -0.1) is 11.6 Å². The Kier molecular flexibility index (Phi) is 4.15. The number of likely N-dealkylation sites (tertiary alicyclic amines) is 1. The van der Waals surface area contributed by atoms with E-state index in [9.17, 15) is 4.79 Å². The summed E-state index contributed by atoms with van der Waals surface area (Å²) < 4.78 is 1.96. The highest BCUT2D eigenvalue weighted by Crippen LogP contribution is 2.24. The van der Waals surface area contributed by atoms with E-state index >= 15 is 0 Å². The summed E-state index contributed by atoms with van der Waals surface area (Å²) in [6.45, 7) is 3.96. The third kappa shape index (κ3) is 2.91. The molecule has 0 saturated carbocycles. The highest BCUT2D eigenvalue weighted by molar-refractivity contribution is 6.20. The lowest BCUT2D eigenvalue weighted by Crippen LogP contribution is -2.38. The molecule has 112 valence electrons. The molecule has 2 heterocycles. The highest BCUT2D eigenvalue weighted by Gasteiger charge is 2.21. The monoisotopic (exact) mass is 305 g/mol. The number of carbonyl (C=O) groups excluding carboxylic acids is 1. The molecule has 1 aromatic heterocycles. The first kappa shape index (κ1) is 14.4. The van der Waals surface area contributed by atoms with Crippen LogP contribution in [-0.4, -0.2) is 33.4 Å². The summed E-state index contributed by atoms with van der Waals surface area (Å²) in [6, 6.07) is 7.87. The van der Waals surface area contributed by atoms with Crippen LogP contribution in [0.2, 0.25) is 0 Å². The largest absolute Gasteiger partial charge is 0.341 e. The van der Waals surface area contributed by atoms with Crippen LogP contribution in [0.4, 0.5) is 0 Å². The second-order valence-corrected chi connectivity index (χ2v) is 6.26. The third-order valence-electron chi connectivity index (χ3n) is 4.04. The number of hydrogen-bond donors (Lipinski definition) is 0. The van der Waals surface area contributed by atoms with E-state index in [-0.39, 0.29) is 11.3 Å². The SMILES string of the molecule is CC(Cl)c1nc2ccccc2n1CC(=O)N1CCCCC1. The van der Waals surface area contributed by atoms with Gasteiger partial charge in [0.15, 0.2) is 0 Å². The van der Waals surface area contributed by atoms with Crippen molar-refractivity contribution in [3.05, 3.63) is 30.1 Å². The smallest absolute Gasteiger partial charge is 0.242 e. The predicted octanol–water partition coefficient (Wildman–Crippen LogP) is 3.35. The normalized spacial score (nSPS) is 17.1. The Morgan fingerprint density at radius 3 is 2.71 bits per heavy atom. The van der Waals surface area contributed by atoms with Gasteiger partial charge < -0.3 is 9.47 Å². The van der Waals surface area contributed by atoms with Gasteiger partial charge in [0.25, 0.3) is 0 Å². The van der Waals surface area contributed by atoms with Crippen molar-refractivity contribution in [3.63, 3.8) is 0 Å². The molecule has 5 heteroatoms. The molecular weight excluding hydrogens is 286 g/mol. The van der Waals surface area contributed by atoms with Crippen molar-refractivity contribution in [2.24, 2.45) is 0 Å². The molecule has 0 bridgehead atoms. The minimum absolute atomic E-state index is 0.163. The van der Waals surface area contributed by atoms with Crippen LogP contribution >= 0.6 is 11.6 Å². The summed E-state index contributed by atoms with van der Waals surface area (Å²) in [5.41, 5.74) is 1.87. The van der Waals surface area contributed by atoms with Gasteiger partial charge in [-0.3, -0.25) is 4.79 Å². The number of fused-ring (bicyclic) bond motifs is 1. The second-order valence-electron chi connectivity index (χ2n) is 5.60.